The van der Waals surface area contributed by atoms with Gasteiger partial charge in [0.05, 0.1) is 0 Å². The summed E-state index contributed by atoms with van der Waals surface area (Å²) in [5, 5.41) is 0. The van der Waals surface area contributed by atoms with Crippen LogP contribution < -0.4 is 0 Å². The highest BCUT2D eigenvalue weighted by molar-refractivity contribution is 6.67. The monoisotopic (exact) mass is 330 g/mol. The molecule has 0 heterocycles. The first-order valence-corrected chi connectivity index (χ1v) is 12.2. The molecule has 0 amide bonds. The molecular weight excluding hydrogens is 288 g/mol. The molecule has 0 aliphatic rings. The van der Waals surface area contributed by atoms with Gasteiger partial charge < -0.3 is 8.85 Å². The lowest BCUT2D eigenvalue weighted by Gasteiger charge is -2.32. The Kier molecular flexibility index (Phi) is 14.8. The second kappa shape index (κ2) is 14.7. The van der Waals surface area contributed by atoms with Crippen LogP contribution in [0.4, 0.5) is 0 Å². The molecule has 0 aliphatic heterocycles. The summed E-state index contributed by atoms with van der Waals surface area (Å²) in [6, 6.07) is 2.16. The van der Waals surface area contributed by atoms with Gasteiger partial charge in [0, 0.05) is 12.7 Å². The lowest BCUT2D eigenvalue weighted by atomic mass is 10.1. The van der Waals surface area contributed by atoms with E-state index in [4.69, 9.17) is 8.85 Å². The van der Waals surface area contributed by atoms with Crippen LogP contribution in [0.2, 0.25) is 12.1 Å². The maximum absolute atomic E-state index is 6.41. The molecule has 0 saturated heterocycles. The van der Waals surface area contributed by atoms with Crippen molar-refractivity contribution in [1.82, 2.24) is 0 Å². The SMILES string of the molecule is CCCCCCCCCO[Si](CC)(CC)OC(C)CCCC. The summed E-state index contributed by atoms with van der Waals surface area (Å²) in [5.41, 5.74) is 0. The van der Waals surface area contributed by atoms with Crippen molar-refractivity contribution in [2.24, 2.45) is 0 Å². The molecular formula is C19H42O2Si. The van der Waals surface area contributed by atoms with Crippen LogP contribution in [0.3, 0.4) is 0 Å². The van der Waals surface area contributed by atoms with Crippen molar-refractivity contribution in [2.45, 2.75) is 117 Å². The van der Waals surface area contributed by atoms with Gasteiger partial charge in [-0.15, -0.1) is 0 Å². The Morgan fingerprint density at radius 3 is 1.82 bits per heavy atom. The highest BCUT2D eigenvalue weighted by atomic mass is 28.4. The minimum absolute atomic E-state index is 0.362. The van der Waals surface area contributed by atoms with Gasteiger partial charge in [-0.05, 0) is 31.9 Å². The Morgan fingerprint density at radius 2 is 1.27 bits per heavy atom. The maximum Gasteiger partial charge on any atom is 0.337 e. The first kappa shape index (κ1) is 22.1. The molecule has 0 aromatic carbocycles. The predicted octanol–water partition coefficient (Wildman–Crippen LogP) is 6.83. The van der Waals surface area contributed by atoms with Gasteiger partial charge in [0.25, 0.3) is 0 Å². The normalized spacial score (nSPS) is 13.5. The van der Waals surface area contributed by atoms with Gasteiger partial charge in [0.2, 0.25) is 0 Å². The van der Waals surface area contributed by atoms with Crippen LogP contribution in [0.1, 0.15) is 98.8 Å². The zero-order chi connectivity index (χ0) is 16.7. The molecule has 134 valence electrons. The van der Waals surface area contributed by atoms with Crippen LogP contribution in [-0.4, -0.2) is 21.3 Å². The highest BCUT2D eigenvalue weighted by Gasteiger charge is 2.35. The van der Waals surface area contributed by atoms with E-state index in [9.17, 15) is 0 Å². The molecule has 0 aliphatic carbocycles. The number of hydrogen-bond donors (Lipinski definition) is 0. The fourth-order valence-electron chi connectivity index (χ4n) is 2.89. The minimum atomic E-state index is -1.94. The van der Waals surface area contributed by atoms with Gasteiger partial charge in [0.15, 0.2) is 0 Å². The molecule has 0 aromatic rings. The van der Waals surface area contributed by atoms with Crippen molar-refractivity contribution >= 4 is 8.56 Å². The molecule has 0 rings (SSSR count). The average molecular weight is 331 g/mol. The Hall–Kier alpha value is 0.137. The van der Waals surface area contributed by atoms with Gasteiger partial charge in [-0.1, -0.05) is 79.1 Å². The van der Waals surface area contributed by atoms with Crippen LogP contribution in [-0.2, 0) is 8.85 Å². The Balaban J connectivity index is 3.91. The van der Waals surface area contributed by atoms with Crippen molar-refractivity contribution in [2.75, 3.05) is 6.61 Å². The van der Waals surface area contributed by atoms with E-state index in [1.807, 2.05) is 0 Å². The molecule has 0 saturated carbocycles. The molecule has 0 aromatic heterocycles. The average Bonchev–Trinajstić information content (AvgIpc) is 2.54. The summed E-state index contributed by atoms with van der Waals surface area (Å²) in [7, 11) is -1.94. The third-order valence-corrected chi connectivity index (χ3v) is 8.29. The molecule has 0 N–H and O–H groups in total. The third kappa shape index (κ3) is 10.8. The van der Waals surface area contributed by atoms with Crippen LogP contribution in [0.5, 0.6) is 0 Å². The fraction of sp³-hybridized carbons (Fsp3) is 1.00. The summed E-state index contributed by atoms with van der Waals surface area (Å²) in [6.45, 7) is 12.1. The van der Waals surface area contributed by atoms with E-state index >= 15 is 0 Å². The van der Waals surface area contributed by atoms with Crippen molar-refractivity contribution in [3.8, 4) is 0 Å². The number of hydrogen-bond acceptors (Lipinski definition) is 2. The van der Waals surface area contributed by atoms with Gasteiger partial charge >= 0.3 is 8.56 Å². The van der Waals surface area contributed by atoms with Crippen LogP contribution in [0.15, 0.2) is 0 Å². The van der Waals surface area contributed by atoms with E-state index in [0.717, 1.165) is 18.7 Å². The lowest BCUT2D eigenvalue weighted by Crippen LogP contribution is -2.43. The summed E-state index contributed by atoms with van der Waals surface area (Å²) < 4.78 is 12.7. The highest BCUT2D eigenvalue weighted by Crippen LogP contribution is 2.23. The molecule has 1 unspecified atom stereocenters. The van der Waals surface area contributed by atoms with Crippen LogP contribution in [0.25, 0.3) is 0 Å². The molecule has 22 heavy (non-hydrogen) atoms. The zero-order valence-corrected chi connectivity index (χ0v) is 17.1. The Morgan fingerprint density at radius 1 is 0.727 bits per heavy atom. The van der Waals surface area contributed by atoms with Crippen LogP contribution in [0, 0.1) is 0 Å². The summed E-state index contributed by atoms with van der Waals surface area (Å²) in [4.78, 5) is 0. The summed E-state index contributed by atoms with van der Waals surface area (Å²) in [5.74, 6) is 0. The van der Waals surface area contributed by atoms with E-state index < -0.39 is 8.56 Å². The van der Waals surface area contributed by atoms with Gasteiger partial charge in [0.1, 0.15) is 0 Å². The van der Waals surface area contributed by atoms with E-state index in [1.165, 1.54) is 64.2 Å². The van der Waals surface area contributed by atoms with Crippen LogP contribution >= 0.6 is 0 Å². The topological polar surface area (TPSA) is 18.5 Å². The molecule has 0 spiro atoms. The zero-order valence-electron chi connectivity index (χ0n) is 16.1. The second-order valence-corrected chi connectivity index (χ2v) is 10.4. The van der Waals surface area contributed by atoms with Gasteiger partial charge in [-0.25, -0.2) is 0 Å². The largest absolute Gasteiger partial charge is 0.394 e. The Labute approximate surface area is 141 Å². The van der Waals surface area contributed by atoms with Crippen molar-refractivity contribution in [3.63, 3.8) is 0 Å². The summed E-state index contributed by atoms with van der Waals surface area (Å²) >= 11 is 0. The maximum atomic E-state index is 6.41. The van der Waals surface area contributed by atoms with Gasteiger partial charge in [-0.2, -0.15) is 0 Å². The molecule has 0 fully saturated rings. The molecule has 2 nitrogen and oxygen atoms in total. The molecule has 0 bridgehead atoms. The number of rotatable bonds is 16. The van der Waals surface area contributed by atoms with E-state index in [2.05, 4.69) is 34.6 Å². The Bertz CT molecular complexity index is 229. The fourth-order valence-corrected chi connectivity index (χ4v) is 5.57. The van der Waals surface area contributed by atoms with E-state index in [-0.39, 0.29) is 0 Å². The van der Waals surface area contributed by atoms with Gasteiger partial charge in [-0.3, -0.25) is 0 Å². The quantitative estimate of drug-likeness (QED) is 0.228. The third-order valence-electron chi connectivity index (χ3n) is 4.57. The van der Waals surface area contributed by atoms with Crippen molar-refractivity contribution < 1.29 is 8.85 Å². The van der Waals surface area contributed by atoms with Crippen molar-refractivity contribution in [3.05, 3.63) is 0 Å². The first-order chi connectivity index (χ1) is 10.6. The summed E-state index contributed by atoms with van der Waals surface area (Å²) in [6.07, 6.45) is 13.4. The van der Waals surface area contributed by atoms with Crippen molar-refractivity contribution in [1.29, 1.82) is 0 Å². The minimum Gasteiger partial charge on any atom is -0.394 e. The smallest absolute Gasteiger partial charge is 0.337 e. The first-order valence-electron chi connectivity index (χ1n) is 9.95. The second-order valence-electron chi connectivity index (χ2n) is 6.66. The number of unbranched alkanes of at least 4 members (excludes halogenated alkanes) is 7. The molecule has 1 atom stereocenters. The lowest BCUT2D eigenvalue weighted by molar-refractivity contribution is 0.114. The molecule has 0 radical (unpaired) electrons. The predicted molar refractivity (Wildman–Crippen MR) is 101 cm³/mol. The van der Waals surface area contributed by atoms with E-state index in [0.29, 0.717) is 6.10 Å². The molecule has 3 heteroatoms. The standard InChI is InChI=1S/C19H42O2Si/c1-6-10-12-13-14-15-16-18-20-22(8-3,9-4)21-19(5)17-11-7-2/h19H,6-18H2,1-5H3. The van der Waals surface area contributed by atoms with E-state index in [1.54, 1.807) is 0 Å².